The molecule has 0 spiro atoms. The summed E-state index contributed by atoms with van der Waals surface area (Å²) in [4.78, 5) is 0. The van der Waals surface area contributed by atoms with Crippen LogP contribution in [0.15, 0.2) is 6.07 Å². The molecule has 0 aliphatic heterocycles. The SMILES string of the molecule is COc1c(Cl)cc2c(c1C1(C(C)N)CC1)CCCC2. The maximum Gasteiger partial charge on any atom is 0.141 e. The molecule has 2 N–H and O–H groups in total. The van der Waals surface area contributed by atoms with E-state index >= 15 is 0 Å². The number of ether oxygens (including phenoxy) is 1. The zero-order valence-electron chi connectivity index (χ0n) is 11.8. The van der Waals surface area contributed by atoms with Gasteiger partial charge in [-0.3, -0.25) is 0 Å². The zero-order chi connectivity index (χ0) is 13.6. The summed E-state index contributed by atoms with van der Waals surface area (Å²) in [6.07, 6.45) is 7.13. The molecule has 1 saturated carbocycles. The Morgan fingerprint density at radius 3 is 2.58 bits per heavy atom. The molecule has 1 aromatic rings. The molecule has 2 aliphatic carbocycles. The summed E-state index contributed by atoms with van der Waals surface area (Å²) in [7, 11) is 1.72. The van der Waals surface area contributed by atoms with Crippen molar-refractivity contribution >= 4 is 11.6 Å². The van der Waals surface area contributed by atoms with E-state index in [4.69, 9.17) is 22.1 Å². The van der Waals surface area contributed by atoms with Crippen LogP contribution in [0.25, 0.3) is 0 Å². The Labute approximate surface area is 120 Å². The summed E-state index contributed by atoms with van der Waals surface area (Å²) in [6.45, 7) is 2.11. The lowest BCUT2D eigenvalue weighted by Crippen LogP contribution is -2.33. The normalized spacial score (nSPS) is 21.7. The maximum atomic E-state index is 6.44. The lowest BCUT2D eigenvalue weighted by molar-refractivity contribution is 0.396. The number of aryl methyl sites for hydroxylation is 1. The van der Waals surface area contributed by atoms with Gasteiger partial charge in [-0.15, -0.1) is 0 Å². The standard InChI is InChI=1S/C16H22ClNO/c1-10(18)16(7-8-16)14-12-6-4-3-5-11(12)9-13(17)15(14)19-2/h9-10H,3-8,18H2,1-2H3. The van der Waals surface area contributed by atoms with Gasteiger partial charge in [-0.25, -0.2) is 0 Å². The Bertz CT molecular complexity index is 506. The summed E-state index contributed by atoms with van der Waals surface area (Å²) >= 11 is 6.44. The Morgan fingerprint density at radius 1 is 1.32 bits per heavy atom. The molecule has 0 heterocycles. The number of fused-ring (bicyclic) bond motifs is 1. The quantitative estimate of drug-likeness (QED) is 0.917. The number of hydrogen-bond donors (Lipinski definition) is 1. The third kappa shape index (κ3) is 1.96. The monoisotopic (exact) mass is 279 g/mol. The van der Waals surface area contributed by atoms with E-state index in [1.54, 1.807) is 7.11 Å². The topological polar surface area (TPSA) is 35.2 Å². The van der Waals surface area contributed by atoms with Crippen LogP contribution in [0, 0.1) is 0 Å². The largest absolute Gasteiger partial charge is 0.495 e. The first-order valence-corrected chi connectivity index (χ1v) is 7.62. The molecule has 0 saturated heterocycles. The lowest BCUT2D eigenvalue weighted by atomic mass is 9.79. The predicted molar refractivity (Wildman–Crippen MR) is 79.2 cm³/mol. The first-order chi connectivity index (χ1) is 9.10. The smallest absolute Gasteiger partial charge is 0.141 e. The van der Waals surface area contributed by atoms with Gasteiger partial charge in [0.25, 0.3) is 0 Å². The van der Waals surface area contributed by atoms with E-state index in [1.165, 1.54) is 29.5 Å². The molecule has 1 atom stereocenters. The van der Waals surface area contributed by atoms with Gasteiger partial charge < -0.3 is 10.5 Å². The van der Waals surface area contributed by atoms with E-state index in [1.807, 2.05) is 0 Å². The van der Waals surface area contributed by atoms with E-state index in [9.17, 15) is 0 Å². The molecule has 0 bridgehead atoms. The van der Waals surface area contributed by atoms with Gasteiger partial charge in [-0.05, 0) is 62.6 Å². The fourth-order valence-corrected chi connectivity index (χ4v) is 3.95. The van der Waals surface area contributed by atoms with Gasteiger partial charge in [0.2, 0.25) is 0 Å². The fourth-order valence-electron chi connectivity index (χ4n) is 3.64. The molecule has 1 aromatic carbocycles. The van der Waals surface area contributed by atoms with Crippen LogP contribution >= 0.6 is 11.6 Å². The maximum absolute atomic E-state index is 6.44. The second kappa shape index (κ2) is 4.68. The summed E-state index contributed by atoms with van der Waals surface area (Å²) in [5.74, 6) is 0.872. The first-order valence-electron chi connectivity index (χ1n) is 7.24. The number of methoxy groups -OCH3 is 1. The van der Waals surface area contributed by atoms with Gasteiger partial charge in [0.05, 0.1) is 12.1 Å². The Hall–Kier alpha value is -0.730. The Morgan fingerprint density at radius 2 is 2.00 bits per heavy atom. The highest BCUT2D eigenvalue weighted by atomic mass is 35.5. The van der Waals surface area contributed by atoms with Crippen molar-refractivity contribution in [3.63, 3.8) is 0 Å². The van der Waals surface area contributed by atoms with Crippen LogP contribution in [-0.4, -0.2) is 13.2 Å². The van der Waals surface area contributed by atoms with Crippen LogP contribution in [0.1, 0.15) is 49.3 Å². The van der Waals surface area contributed by atoms with E-state index in [2.05, 4.69) is 13.0 Å². The summed E-state index contributed by atoms with van der Waals surface area (Å²) in [5, 5.41) is 0.755. The molecule has 19 heavy (non-hydrogen) atoms. The van der Waals surface area contributed by atoms with Crippen molar-refractivity contribution in [3.05, 3.63) is 27.8 Å². The van der Waals surface area contributed by atoms with Crippen molar-refractivity contribution in [2.75, 3.05) is 7.11 Å². The van der Waals surface area contributed by atoms with E-state index < -0.39 is 0 Å². The molecule has 0 aromatic heterocycles. The van der Waals surface area contributed by atoms with Crippen LogP contribution in [0.5, 0.6) is 5.75 Å². The molecule has 2 nitrogen and oxygen atoms in total. The average Bonchev–Trinajstić information content (AvgIpc) is 3.18. The second-order valence-corrected chi connectivity index (χ2v) is 6.46. The number of rotatable bonds is 3. The van der Waals surface area contributed by atoms with Crippen molar-refractivity contribution in [3.8, 4) is 5.75 Å². The van der Waals surface area contributed by atoms with Crippen molar-refractivity contribution < 1.29 is 4.74 Å². The molecule has 2 aliphatic rings. The van der Waals surface area contributed by atoms with Gasteiger partial charge in [0, 0.05) is 17.0 Å². The molecule has 0 radical (unpaired) electrons. The zero-order valence-corrected chi connectivity index (χ0v) is 12.5. The molecular formula is C16H22ClNO. The van der Waals surface area contributed by atoms with Gasteiger partial charge in [-0.1, -0.05) is 11.6 Å². The highest BCUT2D eigenvalue weighted by Gasteiger charge is 2.51. The third-order valence-electron chi connectivity index (χ3n) is 4.92. The minimum Gasteiger partial charge on any atom is -0.495 e. The first kappa shape index (κ1) is 13.3. The second-order valence-electron chi connectivity index (χ2n) is 6.06. The van der Waals surface area contributed by atoms with Crippen LogP contribution in [-0.2, 0) is 18.3 Å². The van der Waals surface area contributed by atoms with Crippen LogP contribution in [0.4, 0.5) is 0 Å². The van der Waals surface area contributed by atoms with Crippen molar-refractivity contribution in [2.45, 2.75) is 56.9 Å². The van der Waals surface area contributed by atoms with Crippen molar-refractivity contribution in [2.24, 2.45) is 5.73 Å². The number of benzene rings is 1. The molecule has 0 amide bonds. The molecule has 3 heteroatoms. The average molecular weight is 280 g/mol. The van der Waals surface area contributed by atoms with E-state index in [0.717, 1.165) is 36.5 Å². The highest BCUT2D eigenvalue weighted by molar-refractivity contribution is 6.32. The molecule has 1 unspecified atom stereocenters. The summed E-state index contributed by atoms with van der Waals surface area (Å²) < 4.78 is 5.63. The Balaban J connectivity index is 2.23. The van der Waals surface area contributed by atoms with Crippen LogP contribution in [0.2, 0.25) is 5.02 Å². The highest BCUT2D eigenvalue weighted by Crippen LogP contribution is 2.56. The minimum absolute atomic E-state index is 0.109. The van der Waals surface area contributed by atoms with Gasteiger partial charge in [0.15, 0.2) is 0 Å². The third-order valence-corrected chi connectivity index (χ3v) is 5.20. The fraction of sp³-hybridized carbons (Fsp3) is 0.625. The van der Waals surface area contributed by atoms with Gasteiger partial charge >= 0.3 is 0 Å². The van der Waals surface area contributed by atoms with Crippen LogP contribution in [0.3, 0.4) is 0 Å². The molecule has 104 valence electrons. The molecule has 1 fully saturated rings. The number of nitrogens with two attached hydrogens (primary N) is 1. The number of hydrogen-bond acceptors (Lipinski definition) is 2. The number of halogens is 1. The van der Waals surface area contributed by atoms with Gasteiger partial charge in [0.1, 0.15) is 5.75 Å². The molecular weight excluding hydrogens is 258 g/mol. The van der Waals surface area contributed by atoms with Crippen LogP contribution < -0.4 is 10.5 Å². The van der Waals surface area contributed by atoms with E-state index in [-0.39, 0.29) is 11.5 Å². The van der Waals surface area contributed by atoms with Crippen molar-refractivity contribution in [1.82, 2.24) is 0 Å². The minimum atomic E-state index is 0.109. The van der Waals surface area contributed by atoms with E-state index in [0.29, 0.717) is 0 Å². The molecule has 3 rings (SSSR count). The predicted octanol–water partition coefficient (Wildman–Crippen LogP) is 3.61. The van der Waals surface area contributed by atoms with Crippen molar-refractivity contribution in [1.29, 1.82) is 0 Å². The summed E-state index contributed by atoms with van der Waals surface area (Å²) in [5.41, 5.74) is 10.6. The lowest BCUT2D eigenvalue weighted by Gasteiger charge is -2.30. The van der Waals surface area contributed by atoms with Gasteiger partial charge in [-0.2, -0.15) is 0 Å². The Kier molecular flexibility index (Phi) is 3.26. The summed E-state index contributed by atoms with van der Waals surface area (Å²) in [6, 6.07) is 2.27.